The predicted octanol–water partition coefficient (Wildman–Crippen LogP) is 6.53. The average Bonchev–Trinajstić information content (AvgIpc) is 3.13. The molecule has 8 atom stereocenters. The number of hydrogen-bond donors (Lipinski definition) is 2. The lowest BCUT2D eigenvalue weighted by Crippen LogP contribution is -2.51. The van der Waals surface area contributed by atoms with Crippen molar-refractivity contribution in [3.63, 3.8) is 0 Å². The van der Waals surface area contributed by atoms with Crippen molar-refractivity contribution >= 4 is 11.9 Å². The van der Waals surface area contributed by atoms with Gasteiger partial charge in [0.2, 0.25) is 0 Å². The fourth-order valence-electron chi connectivity index (χ4n) is 8.94. The molecule has 0 aromatic rings. The fraction of sp³-hybridized carbons (Fsp3) is 0.867. The van der Waals surface area contributed by atoms with Crippen molar-refractivity contribution in [2.24, 2.45) is 40.4 Å². The van der Waals surface area contributed by atoms with Crippen LogP contribution in [0.5, 0.6) is 0 Å². The molecule has 4 rings (SSSR count). The highest BCUT2D eigenvalue weighted by molar-refractivity contribution is 5.76. The normalized spacial score (nSPS) is 39.6. The molecule has 0 aromatic carbocycles. The maximum Gasteiger partial charge on any atom is 0.306 e. The van der Waals surface area contributed by atoms with Crippen molar-refractivity contribution in [3.05, 3.63) is 11.6 Å². The molecule has 35 heavy (non-hydrogen) atoms. The highest BCUT2D eigenvalue weighted by atomic mass is 16.5. The fourth-order valence-corrected chi connectivity index (χ4v) is 8.94. The molecule has 0 heterocycles. The van der Waals surface area contributed by atoms with E-state index in [0.29, 0.717) is 11.3 Å². The quantitative estimate of drug-likeness (QED) is 0.300. The van der Waals surface area contributed by atoms with Crippen molar-refractivity contribution in [2.75, 3.05) is 0 Å². The number of fused-ring (bicyclic) bond motifs is 5. The van der Waals surface area contributed by atoms with Crippen LogP contribution in [0.3, 0.4) is 0 Å². The van der Waals surface area contributed by atoms with Gasteiger partial charge in [-0.1, -0.05) is 32.4 Å². The Balaban J connectivity index is 1.42. The predicted molar refractivity (Wildman–Crippen MR) is 137 cm³/mol. The van der Waals surface area contributed by atoms with Gasteiger partial charge in [0.05, 0.1) is 18.4 Å². The van der Waals surface area contributed by atoms with E-state index in [1.54, 1.807) is 0 Å². The van der Waals surface area contributed by atoms with E-state index in [1.807, 2.05) is 13.8 Å². The van der Waals surface area contributed by atoms with Crippen LogP contribution in [0.1, 0.15) is 112 Å². The molecule has 3 saturated carbocycles. The Hall–Kier alpha value is -1.36. The number of carboxylic acid groups (broad SMARTS) is 1. The summed E-state index contributed by atoms with van der Waals surface area (Å²) < 4.78 is 5.68. The van der Waals surface area contributed by atoms with E-state index in [0.717, 1.165) is 62.2 Å². The Kier molecular flexibility index (Phi) is 7.50. The zero-order valence-corrected chi connectivity index (χ0v) is 22.6. The summed E-state index contributed by atoms with van der Waals surface area (Å²) in [7, 11) is 0. The molecule has 5 nitrogen and oxygen atoms in total. The maximum absolute atomic E-state index is 12.1. The van der Waals surface area contributed by atoms with Gasteiger partial charge in [0.25, 0.3) is 0 Å². The maximum atomic E-state index is 12.1. The number of carbonyl (C=O) groups excluding carboxylic acids is 1. The van der Waals surface area contributed by atoms with Crippen LogP contribution in [0.25, 0.3) is 0 Å². The van der Waals surface area contributed by atoms with Crippen molar-refractivity contribution in [1.29, 1.82) is 0 Å². The lowest BCUT2D eigenvalue weighted by molar-refractivity contribution is -0.154. The zero-order chi connectivity index (χ0) is 25.6. The standard InChI is InChI=1S/C30H48O5/c1-19(12-15-28(2,3)34)23-8-9-24-22-7-6-20-18-21(35-27(33)11-10-26(31)32)13-16-29(20,4)25(22)14-17-30(23,24)5/h6,19,21-25,34H,7-18H2,1-5H3,(H,31,32)/t19-,21+,22?,23-,24+,25+,29+,30-/m1/s1. The molecule has 4 aliphatic carbocycles. The number of rotatable bonds is 8. The third-order valence-corrected chi connectivity index (χ3v) is 10.9. The largest absolute Gasteiger partial charge is 0.481 e. The average molecular weight is 489 g/mol. The minimum absolute atomic E-state index is 0.0392. The molecule has 0 aromatic heterocycles. The molecule has 0 bridgehead atoms. The summed E-state index contributed by atoms with van der Waals surface area (Å²) >= 11 is 0. The third kappa shape index (κ3) is 5.36. The van der Waals surface area contributed by atoms with E-state index in [4.69, 9.17) is 9.84 Å². The highest BCUT2D eigenvalue weighted by Gasteiger charge is 2.59. The first kappa shape index (κ1) is 26.7. The van der Waals surface area contributed by atoms with Crippen molar-refractivity contribution < 1.29 is 24.5 Å². The number of ether oxygens (including phenoxy) is 1. The molecule has 0 spiro atoms. The summed E-state index contributed by atoms with van der Waals surface area (Å²) in [5, 5.41) is 19.1. The van der Waals surface area contributed by atoms with Gasteiger partial charge >= 0.3 is 11.9 Å². The summed E-state index contributed by atoms with van der Waals surface area (Å²) in [5.74, 6) is 2.35. The summed E-state index contributed by atoms with van der Waals surface area (Å²) in [5.41, 5.74) is 1.53. The smallest absolute Gasteiger partial charge is 0.306 e. The monoisotopic (exact) mass is 488 g/mol. The van der Waals surface area contributed by atoms with Crippen molar-refractivity contribution in [1.82, 2.24) is 0 Å². The van der Waals surface area contributed by atoms with Crippen LogP contribution >= 0.6 is 0 Å². The molecule has 0 amide bonds. The van der Waals surface area contributed by atoms with E-state index in [-0.39, 0.29) is 30.3 Å². The van der Waals surface area contributed by atoms with Gasteiger partial charge in [-0.25, -0.2) is 0 Å². The van der Waals surface area contributed by atoms with Gasteiger partial charge in [-0.15, -0.1) is 0 Å². The number of carbonyl (C=O) groups is 2. The van der Waals surface area contributed by atoms with Crippen LogP contribution in [0.15, 0.2) is 11.6 Å². The Morgan fingerprint density at radius 1 is 1.11 bits per heavy atom. The van der Waals surface area contributed by atoms with Gasteiger partial charge in [0, 0.05) is 6.42 Å². The topological polar surface area (TPSA) is 83.8 Å². The first-order valence-corrected chi connectivity index (χ1v) is 14.2. The van der Waals surface area contributed by atoms with Crippen LogP contribution in [0.4, 0.5) is 0 Å². The van der Waals surface area contributed by atoms with Crippen molar-refractivity contribution in [3.8, 4) is 0 Å². The van der Waals surface area contributed by atoms with Gasteiger partial charge in [0.15, 0.2) is 0 Å². The Bertz CT molecular complexity index is 840. The van der Waals surface area contributed by atoms with Gasteiger partial charge in [-0.3, -0.25) is 9.59 Å². The second-order valence-electron chi connectivity index (χ2n) is 13.6. The Morgan fingerprint density at radius 2 is 1.86 bits per heavy atom. The molecule has 2 N–H and O–H groups in total. The molecular formula is C30H48O5. The second-order valence-corrected chi connectivity index (χ2v) is 13.6. The van der Waals surface area contributed by atoms with Gasteiger partial charge in [-0.2, -0.15) is 0 Å². The number of aliphatic carboxylic acids is 1. The van der Waals surface area contributed by atoms with Crippen molar-refractivity contribution in [2.45, 2.75) is 123 Å². The summed E-state index contributed by atoms with van der Waals surface area (Å²) in [6.45, 7) is 11.3. The molecule has 4 aliphatic rings. The Morgan fingerprint density at radius 3 is 2.54 bits per heavy atom. The molecule has 198 valence electrons. The number of aliphatic hydroxyl groups is 1. The summed E-state index contributed by atoms with van der Waals surface area (Å²) in [4.78, 5) is 22.9. The van der Waals surface area contributed by atoms with Gasteiger partial charge in [-0.05, 0) is 112 Å². The van der Waals surface area contributed by atoms with Crippen LogP contribution in [0.2, 0.25) is 0 Å². The first-order valence-electron chi connectivity index (χ1n) is 14.2. The van der Waals surface area contributed by atoms with E-state index >= 15 is 0 Å². The highest BCUT2D eigenvalue weighted by Crippen LogP contribution is 2.67. The SMILES string of the molecule is C[C@H](CCC(C)(C)O)[C@H]1CC[C@H]2C3CC=C4C[C@@H](OC(=O)CCC(=O)O)CC[C@]4(C)[C@H]3CC[C@]12C. The summed E-state index contributed by atoms with van der Waals surface area (Å²) in [6, 6.07) is 0. The number of esters is 1. The summed E-state index contributed by atoms with van der Waals surface area (Å²) in [6.07, 6.45) is 13.4. The minimum atomic E-state index is -0.954. The van der Waals surface area contributed by atoms with Crippen LogP contribution in [0, 0.1) is 40.4 Å². The van der Waals surface area contributed by atoms with E-state index in [2.05, 4.69) is 26.8 Å². The number of hydrogen-bond acceptors (Lipinski definition) is 4. The van der Waals surface area contributed by atoms with Crippen LogP contribution in [-0.4, -0.2) is 33.9 Å². The molecular weight excluding hydrogens is 440 g/mol. The molecule has 1 unspecified atom stereocenters. The molecule has 3 fully saturated rings. The molecule has 5 heteroatoms. The van der Waals surface area contributed by atoms with Crippen LogP contribution < -0.4 is 0 Å². The number of carboxylic acids is 1. The van der Waals surface area contributed by atoms with Gasteiger partial charge in [0.1, 0.15) is 6.10 Å². The molecule has 0 saturated heterocycles. The van der Waals surface area contributed by atoms with E-state index < -0.39 is 11.6 Å². The third-order valence-electron chi connectivity index (χ3n) is 10.9. The van der Waals surface area contributed by atoms with E-state index in [1.165, 1.54) is 31.3 Å². The lowest BCUT2D eigenvalue weighted by Gasteiger charge is -2.58. The lowest BCUT2D eigenvalue weighted by atomic mass is 9.47. The van der Waals surface area contributed by atoms with Crippen LogP contribution in [-0.2, 0) is 14.3 Å². The number of allylic oxidation sites excluding steroid dienone is 1. The molecule has 0 aliphatic heterocycles. The second kappa shape index (κ2) is 9.84. The zero-order valence-electron chi connectivity index (χ0n) is 22.6. The van der Waals surface area contributed by atoms with E-state index in [9.17, 15) is 14.7 Å². The molecule has 0 radical (unpaired) electrons. The Labute approximate surface area is 212 Å². The van der Waals surface area contributed by atoms with Gasteiger partial charge < -0.3 is 14.9 Å². The first-order chi connectivity index (χ1) is 16.3. The minimum Gasteiger partial charge on any atom is -0.481 e.